The maximum absolute atomic E-state index is 12.0. The molecule has 6 heteroatoms. The van der Waals surface area contributed by atoms with E-state index in [4.69, 9.17) is 9.47 Å². The Bertz CT molecular complexity index is 571. The van der Waals surface area contributed by atoms with Crippen LogP contribution in [-0.4, -0.2) is 73.6 Å². The molecular formula is C21H36N2O4. The highest BCUT2D eigenvalue weighted by molar-refractivity contribution is 5.92. The van der Waals surface area contributed by atoms with E-state index in [1.165, 1.54) is 0 Å². The van der Waals surface area contributed by atoms with Crippen molar-refractivity contribution in [2.75, 3.05) is 46.6 Å². The van der Waals surface area contributed by atoms with Crippen LogP contribution in [-0.2, 0) is 14.3 Å². The van der Waals surface area contributed by atoms with E-state index in [0.29, 0.717) is 18.6 Å². The Hall–Kier alpha value is -1.37. The van der Waals surface area contributed by atoms with Gasteiger partial charge in [0.15, 0.2) is 0 Å². The molecule has 0 aromatic rings. The average molecular weight is 381 g/mol. The number of nitrogens with zero attached hydrogens (tertiary/aromatic N) is 2. The number of aliphatic carboxylic acids is 1. The third kappa shape index (κ3) is 6.06. The van der Waals surface area contributed by atoms with Crippen molar-refractivity contribution in [1.82, 2.24) is 9.80 Å². The Morgan fingerprint density at radius 2 is 2.00 bits per heavy atom. The molecule has 0 aliphatic carbocycles. The summed E-state index contributed by atoms with van der Waals surface area (Å²) in [6.07, 6.45) is 4.94. The zero-order valence-electron chi connectivity index (χ0n) is 17.6. The highest BCUT2D eigenvalue weighted by Gasteiger charge is 2.34. The topological polar surface area (TPSA) is 62.2 Å². The molecule has 0 bridgehead atoms. The van der Waals surface area contributed by atoms with Crippen LogP contribution in [0.3, 0.4) is 0 Å². The standard InChI is InChI=1S/C21H36N2O4/c1-16-15-18(22-10-13-27-14-11-22)23(9-6-8-21(2,3)4)17(7-12-26-5)19(16)20(24)25/h15,18H,6-14H2,1-5H3,(H,24,25). The van der Waals surface area contributed by atoms with Crippen molar-refractivity contribution in [3.05, 3.63) is 22.9 Å². The fourth-order valence-electron chi connectivity index (χ4n) is 3.88. The Morgan fingerprint density at radius 1 is 1.33 bits per heavy atom. The second kappa shape index (κ2) is 9.71. The van der Waals surface area contributed by atoms with Crippen molar-refractivity contribution in [3.8, 4) is 0 Å². The summed E-state index contributed by atoms with van der Waals surface area (Å²) >= 11 is 0. The van der Waals surface area contributed by atoms with Crippen molar-refractivity contribution in [1.29, 1.82) is 0 Å². The summed E-state index contributed by atoms with van der Waals surface area (Å²) in [5.74, 6) is -0.851. The van der Waals surface area contributed by atoms with Gasteiger partial charge in [0, 0.05) is 38.9 Å². The van der Waals surface area contributed by atoms with Gasteiger partial charge in [-0.15, -0.1) is 0 Å². The lowest BCUT2D eigenvalue weighted by Crippen LogP contribution is -2.53. The van der Waals surface area contributed by atoms with Crippen LogP contribution >= 0.6 is 0 Å². The molecule has 2 heterocycles. The predicted molar refractivity (Wildman–Crippen MR) is 106 cm³/mol. The number of hydrogen-bond donors (Lipinski definition) is 1. The number of carboxylic acids is 1. The maximum Gasteiger partial charge on any atom is 0.337 e. The van der Waals surface area contributed by atoms with Crippen LogP contribution in [0.15, 0.2) is 22.9 Å². The molecule has 1 unspecified atom stereocenters. The third-order valence-electron chi connectivity index (χ3n) is 5.25. The van der Waals surface area contributed by atoms with Crippen molar-refractivity contribution in [2.24, 2.45) is 5.41 Å². The van der Waals surface area contributed by atoms with Gasteiger partial charge in [0.2, 0.25) is 0 Å². The van der Waals surface area contributed by atoms with E-state index in [9.17, 15) is 9.90 Å². The largest absolute Gasteiger partial charge is 0.478 e. The average Bonchev–Trinajstić information content (AvgIpc) is 2.60. The van der Waals surface area contributed by atoms with Gasteiger partial charge in [-0.05, 0) is 36.8 Å². The third-order valence-corrected chi connectivity index (χ3v) is 5.25. The first-order valence-electron chi connectivity index (χ1n) is 9.97. The second-order valence-corrected chi connectivity index (χ2v) is 8.64. The van der Waals surface area contributed by atoms with Gasteiger partial charge in [-0.2, -0.15) is 0 Å². The smallest absolute Gasteiger partial charge is 0.337 e. The minimum atomic E-state index is -0.851. The molecule has 2 rings (SSSR count). The Labute approximate surface area is 163 Å². The van der Waals surface area contributed by atoms with Gasteiger partial charge in [-0.25, -0.2) is 4.79 Å². The summed E-state index contributed by atoms with van der Waals surface area (Å²) in [6.45, 7) is 13.2. The second-order valence-electron chi connectivity index (χ2n) is 8.64. The van der Waals surface area contributed by atoms with Crippen LogP contribution < -0.4 is 0 Å². The minimum Gasteiger partial charge on any atom is -0.478 e. The first kappa shape index (κ1) is 21.9. The molecule has 0 aromatic heterocycles. The molecule has 1 N–H and O–H groups in total. The SMILES string of the molecule is COCCC1=C(C(=O)O)C(C)=CC(N2CCOCC2)N1CCCC(C)(C)C. The number of morpholine rings is 1. The lowest BCUT2D eigenvalue weighted by molar-refractivity contribution is -0.132. The molecule has 6 nitrogen and oxygen atoms in total. The first-order chi connectivity index (χ1) is 12.7. The molecule has 0 saturated carbocycles. The number of methoxy groups -OCH3 is 1. The van der Waals surface area contributed by atoms with E-state index in [2.05, 4.69) is 36.6 Å². The molecule has 2 aliphatic heterocycles. The van der Waals surface area contributed by atoms with Crippen LogP contribution in [0.2, 0.25) is 0 Å². The number of ether oxygens (including phenoxy) is 2. The number of rotatable bonds is 8. The van der Waals surface area contributed by atoms with Gasteiger partial charge in [-0.3, -0.25) is 4.90 Å². The predicted octanol–water partition coefficient (Wildman–Crippen LogP) is 3.11. The quantitative estimate of drug-likeness (QED) is 0.698. The lowest BCUT2D eigenvalue weighted by Gasteiger charge is -2.45. The van der Waals surface area contributed by atoms with Crippen LogP contribution in [0, 0.1) is 5.41 Å². The molecule has 154 valence electrons. The first-order valence-corrected chi connectivity index (χ1v) is 9.97. The highest BCUT2D eigenvalue weighted by atomic mass is 16.5. The van der Waals surface area contributed by atoms with Crippen LogP contribution in [0.4, 0.5) is 0 Å². The molecule has 0 aromatic carbocycles. The summed E-state index contributed by atoms with van der Waals surface area (Å²) in [5.41, 5.74) is 2.45. The van der Waals surface area contributed by atoms with E-state index < -0.39 is 5.97 Å². The highest BCUT2D eigenvalue weighted by Crippen LogP contribution is 2.32. The van der Waals surface area contributed by atoms with E-state index in [1.54, 1.807) is 7.11 Å². The zero-order valence-corrected chi connectivity index (χ0v) is 17.6. The van der Waals surface area contributed by atoms with Gasteiger partial charge >= 0.3 is 5.97 Å². The van der Waals surface area contributed by atoms with Gasteiger partial charge in [0.05, 0.1) is 25.4 Å². The molecule has 2 aliphatic rings. The van der Waals surface area contributed by atoms with Crippen molar-refractivity contribution in [3.63, 3.8) is 0 Å². The summed E-state index contributed by atoms with van der Waals surface area (Å²) in [4.78, 5) is 16.7. The number of carboxylic acid groups (broad SMARTS) is 1. The molecule has 1 fully saturated rings. The Balaban J connectivity index is 2.32. The van der Waals surface area contributed by atoms with E-state index in [1.807, 2.05) is 6.92 Å². The van der Waals surface area contributed by atoms with Crippen LogP contribution in [0.5, 0.6) is 0 Å². The van der Waals surface area contributed by atoms with Gasteiger partial charge < -0.3 is 19.5 Å². The van der Waals surface area contributed by atoms with E-state index >= 15 is 0 Å². The number of hydrogen-bond acceptors (Lipinski definition) is 5. The molecule has 1 atom stereocenters. The fourth-order valence-corrected chi connectivity index (χ4v) is 3.88. The fraction of sp³-hybridized carbons (Fsp3) is 0.762. The normalized spacial score (nSPS) is 22.2. The lowest BCUT2D eigenvalue weighted by atomic mass is 9.90. The summed E-state index contributed by atoms with van der Waals surface area (Å²) in [6, 6.07) is 0. The van der Waals surface area contributed by atoms with Crippen LogP contribution in [0.25, 0.3) is 0 Å². The van der Waals surface area contributed by atoms with Crippen LogP contribution in [0.1, 0.15) is 47.0 Å². The van der Waals surface area contributed by atoms with Gasteiger partial charge in [0.25, 0.3) is 0 Å². The molecule has 0 amide bonds. The van der Waals surface area contributed by atoms with E-state index in [0.717, 1.165) is 57.0 Å². The molecule has 0 spiro atoms. The van der Waals surface area contributed by atoms with Gasteiger partial charge in [0.1, 0.15) is 6.17 Å². The molecule has 1 saturated heterocycles. The molecule has 27 heavy (non-hydrogen) atoms. The Morgan fingerprint density at radius 3 is 2.56 bits per heavy atom. The van der Waals surface area contributed by atoms with Crippen molar-refractivity contribution in [2.45, 2.75) is 53.1 Å². The molecule has 0 radical (unpaired) electrons. The van der Waals surface area contributed by atoms with Crippen molar-refractivity contribution < 1.29 is 19.4 Å². The minimum absolute atomic E-state index is 0.0869. The zero-order chi connectivity index (χ0) is 20.0. The summed E-state index contributed by atoms with van der Waals surface area (Å²) in [5, 5.41) is 9.85. The number of carbonyl (C=O) groups is 1. The van der Waals surface area contributed by atoms with Gasteiger partial charge in [-0.1, -0.05) is 20.8 Å². The summed E-state index contributed by atoms with van der Waals surface area (Å²) in [7, 11) is 1.66. The Kier molecular flexibility index (Phi) is 7.89. The monoisotopic (exact) mass is 380 g/mol. The summed E-state index contributed by atoms with van der Waals surface area (Å²) < 4.78 is 10.8. The van der Waals surface area contributed by atoms with E-state index in [-0.39, 0.29) is 11.6 Å². The maximum atomic E-state index is 12.0. The molecular weight excluding hydrogens is 344 g/mol. The van der Waals surface area contributed by atoms with Crippen molar-refractivity contribution >= 4 is 5.97 Å².